The van der Waals surface area contributed by atoms with Gasteiger partial charge < -0.3 is 4.74 Å². The van der Waals surface area contributed by atoms with E-state index < -0.39 is 11.7 Å². The zero-order valence-corrected chi connectivity index (χ0v) is 9.77. The third-order valence-electron chi connectivity index (χ3n) is 2.40. The lowest BCUT2D eigenvalue weighted by atomic mass is 10.2. The normalized spacial score (nSPS) is 11.1. The second kappa shape index (κ2) is 4.65. The molecule has 7 heteroatoms. The zero-order chi connectivity index (χ0) is 14.0. The first-order chi connectivity index (χ1) is 8.91. The van der Waals surface area contributed by atoms with Crippen LogP contribution >= 0.6 is 0 Å². The predicted molar refractivity (Wildman–Crippen MR) is 59.4 cm³/mol. The number of hydrogen-bond donors (Lipinski definition) is 0. The number of hydrogen-bond acceptors (Lipinski definition) is 3. The smallest absolute Gasteiger partial charge is 0.416 e. The van der Waals surface area contributed by atoms with Crippen LogP contribution in [0.15, 0.2) is 30.5 Å². The molecule has 0 atom stereocenters. The van der Waals surface area contributed by atoms with Crippen molar-refractivity contribution in [2.24, 2.45) is 7.05 Å². The highest BCUT2D eigenvalue weighted by atomic mass is 19.4. The lowest BCUT2D eigenvalue weighted by Crippen LogP contribution is -2.04. The molecule has 1 heterocycles. The quantitative estimate of drug-likeness (QED) is 0.840. The molecule has 4 nitrogen and oxygen atoms in total. The molecule has 0 radical (unpaired) electrons. The third-order valence-corrected chi connectivity index (χ3v) is 2.40. The molecule has 2 aromatic rings. The van der Waals surface area contributed by atoms with Gasteiger partial charge in [-0.2, -0.15) is 23.5 Å². The van der Waals surface area contributed by atoms with Gasteiger partial charge in [0.05, 0.1) is 11.8 Å². The van der Waals surface area contributed by atoms with Crippen molar-refractivity contribution < 1.29 is 17.9 Å². The van der Waals surface area contributed by atoms with Gasteiger partial charge in [-0.05, 0) is 18.2 Å². The fourth-order valence-corrected chi connectivity index (χ4v) is 1.48. The molecular weight excluding hydrogens is 259 g/mol. The Kier molecular flexibility index (Phi) is 3.17. The van der Waals surface area contributed by atoms with E-state index in [1.54, 1.807) is 0 Å². The van der Waals surface area contributed by atoms with Crippen molar-refractivity contribution in [3.8, 4) is 17.6 Å². The Morgan fingerprint density at radius 1 is 1.37 bits per heavy atom. The summed E-state index contributed by atoms with van der Waals surface area (Å²) in [6.45, 7) is 0. The molecule has 0 bridgehead atoms. The van der Waals surface area contributed by atoms with Gasteiger partial charge in [0.2, 0.25) is 0 Å². The topological polar surface area (TPSA) is 50.8 Å². The van der Waals surface area contributed by atoms with Gasteiger partial charge >= 0.3 is 6.18 Å². The SMILES string of the molecule is Cn1ncc(Oc2cccc(C(F)(F)F)c2)c1C#N. The van der Waals surface area contributed by atoms with E-state index in [1.165, 1.54) is 30.1 Å². The third kappa shape index (κ3) is 2.68. The average Bonchev–Trinajstić information content (AvgIpc) is 2.69. The maximum Gasteiger partial charge on any atom is 0.416 e. The minimum atomic E-state index is -4.44. The van der Waals surface area contributed by atoms with Crippen LogP contribution in [0.3, 0.4) is 0 Å². The number of benzene rings is 1. The molecular formula is C12H8F3N3O. The van der Waals surface area contributed by atoms with Gasteiger partial charge in [0.25, 0.3) is 0 Å². The largest absolute Gasteiger partial charge is 0.453 e. The van der Waals surface area contributed by atoms with Gasteiger partial charge in [0.15, 0.2) is 11.4 Å². The molecule has 1 aromatic heterocycles. The molecule has 0 fully saturated rings. The molecule has 0 amide bonds. The lowest BCUT2D eigenvalue weighted by Gasteiger charge is -2.09. The van der Waals surface area contributed by atoms with E-state index in [4.69, 9.17) is 10.00 Å². The van der Waals surface area contributed by atoms with Crippen LogP contribution in [-0.2, 0) is 13.2 Å². The van der Waals surface area contributed by atoms with Gasteiger partial charge in [0.1, 0.15) is 11.8 Å². The lowest BCUT2D eigenvalue weighted by molar-refractivity contribution is -0.137. The number of ether oxygens (including phenoxy) is 1. The highest BCUT2D eigenvalue weighted by Crippen LogP contribution is 2.33. The van der Waals surface area contributed by atoms with Crippen molar-refractivity contribution in [3.63, 3.8) is 0 Å². The summed E-state index contributed by atoms with van der Waals surface area (Å²) >= 11 is 0. The van der Waals surface area contributed by atoms with Gasteiger partial charge in [-0.1, -0.05) is 6.07 Å². The minimum absolute atomic E-state index is 0.000625. The molecule has 0 aliphatic rings. The van der Waals surface area contributed by atoms with Crippen molar-refractivity contribution >= 4 is 0 Å². The monoisotopic (exact) mass is 267 g/mol. The van der Waals surface area contributed by atoms with Crippen LogP contribution in [0.25, 0.3) is 0 Å². The van der Waals surface area contributed by atoms with Crippen LogP contribution in [0.4, 0.5) is 13.2 Å². The van der Waals surface area contributed by atoms with E-state index in [2.05, 4.69) is 5.10 Å². The Bertz CT molecular complexity index is 640. The number of aryl methyl sites for hydroxylation is 1. The molecule has 98 valence electrons. The van der Waals surface area contributed by atoms with Crippen molar-refractivity contribution in [1.29, 1.82) is 5.26 Å². The molecule has 0 N–H and O–H groups in total. The molecule has 1 aromatic carbocycles. The average molecular weight is 267 g/mol. The first-order valence-electron chi connectivity index (χ1n) is 5.19. The van der Waals surface area contributed by atoms with Crippen molar-refractivity contribution in [2.45, 2.75) is 6.18 Å². The first-order valence-corrected chi connectivity index (χ1v) is 5.19. The molecule has 0 aliphatic carbocycles. The summed E-state index contributed by atoms with van der Waals surface area (Å²) in [4.78, 5) is 0. The van der Waals surface area contributed by atoms with Crippen LogP contribution in [0.1, 0.15) is 11.3 Å². The number of aromatic nitrogens is 2. The molecule has 19 heavy (non-hydrogen) atoms. The summed E-state index contributed by atoms with van der Waals surface area (Å²) < 4.78 is 44.1. The molecule has 0 aliphatic heterocycles. The first kappa shape index (κ1) is 13.0. The molecule has 0 saturated carbocycles. The maximum absolute atomic E-state index is 12.5. The number of halogens is 3. The van der Waals surface area contributed by atoms with E-state index in [1.807, 2.05) is 6.07 Å². The van der Waals surface area contributed by atoms with Crippen LogP contribution in [-0.4, -0.2) is 9.78 Å². The van der Waals surface area contributed by atoms with E-state index >= 15 is 0 Å². The molecule has 2 rings (SSSR count). The number of alkyl halides is 3. The Morgan fingerprint density at radius 3 is 2.74 bits per heavy atom. The molecule has 0 spiro atoms. The van der Waals surface area contributed by atoms with E-state index in [0.29, 0.717) is 0 Å². The van der Waals surface area contributed by atoms with Crippen molar-refractivity contribution in [1.82, 2.24) is 9.78 Å². The van der Waals surface area contributed by atoms with Gasteiger partial charge in [-0.25, -0.2) is 0 Å². The summed E-state index contributed by atoms with van der Waals surface area (Å²) in [6.07, 6.45) is -3.16. The fourth-order valence-electron chi connectivity index (χ4n) is 1.48. The summed E-state index contributed by atoms with van der Waals surface area (Å²) in [7, 11) is 1.54. The van der Waals surface area contributed by atoms with Crippen LogP contribution in [0.5, 0.6) is 11.5 Å². The fraction of sp³-hybridized carbons (Fsp3) is 0.167. The zero-order valence-electron chi connectivity index (χ0n) is 9.77. The van der Waals surface area contributed by atoms with E-state index in [9.17, 15) is 13.2 Å². The van der Waals surface area contributed by atoms with E-state index in [-0.39, 0.29) is 17.2 Å². The summed E-state index contributed by atoms with van der Waals surface area (Å²) in [5.74, 6) is 0.114. The predicted octanol–water partition coefficient (Wildman–Crippen LogP) is 3.10. The van der Waals surface area contributed by atoms with Crippen molar-refractivity contribution in [3.05, 3.63) is 41.7 Å². The second-order valence-electron chi connectivity index (χ2n) is 3.72. The summed E-state index contributed by atoms with van der Waals surface area (Å²) in [5.41, 5.74) is -0.676. The number of nitriles is 1. The van der Waals surface area contributed by atoms with Crippen LogP contribution in [0.2, 0.25) is 0 Å². The second-order valence-corrected chi connectivity index (χ2v) is 3.72. The summed E-state index contributed by atoms with van der Waals surface area (Å²) in [5, 5.41) is 12.7. The molecule has 0 unspecified atom stereocenters. The maximum atomic E-state index is 12.5. The van der Waals surface area contributed by atoms with Gasteiger partial charge in [-0.3, -0.25) is 4.68 Å². The molecule has 0 saturated heterocycles. The van der Waals surface area contributed by atoms with Gasteiger partial charge in [-0.15, -0.1) is 0 Å². The van der Waals surface area contributed by atoms with Crippen molar-refractivity contribution in [2.75, 3.05) is 0 Å². The Balaban J connectivity index is 2.32. The van der Waals surface area contributed by atoms with Crippen LogP contribution < -0.4 is 4.74 Å². The Labute approximate surface area is 106 Å². The van der Waals surface area contributed by atoms with E-state index in [0.717, 1.165) is 12.1 Å². The number of nitrogens with zero attached hydrogens (tertiary/aromatic N) is 3. The Hall–Kier alpha value is -2.49. The highest BCUT2D eigenvalue weighted by Gasteiger charge is 2.30. The Morgan fingerprint density at radius 2 is 2.11 bits per heavy atom. The summed E-state index contributed by atoms with van der Waals surface area (Å²) in [6, 6.07) is 6.29. The van der Waals surface area contributed by atoms with Gasteiger partial charge in [0, 0.05) is 7.05 Å². The number of rotatable bonds is 2. The highest BCUT2D eigenvalue weighted by molar-refractivity contribution is 5.40. The minimum Gasteiger partial charge on any atom is -0.453 e. The standard InChI is InChI=1S/C12H8F3N3O/c1-18-10(6-16)11(7-17-18)19-9-4-2-3-8(5-9)12(13,14)15/h2-5,7H,1H3. The van der Waals surface area contributed by atoms with Crippen LogP contribution in [0, 0.1) is 11.3 Å².